The number of Topliss-reactive ketones (excluding diaryl/α,β-unsaturated/α-hetero) is 1. The second-order valence-corrected chi connectivity index (χ2v) is 8.52. The fraction of sp³-hybridized carbons (Fsp3) is 0.450. The molecule has 26 heavy (non-hydrogen) atoms. The highest BCUT2D eigenvalue weighted by atomic mass is 32.2. The maximum atomic E-state index is 13.0. The van der Waals surface area contributed by atoms with Gasteiger partial charge in [-0.1, -0.05) is 55.6 Å². The topological polar surface area (TPSA) is 74.4 Å². The number of ketones is 1. The summed E-state index contributed by atoms with van der Waals surface area (Å²) in [6.45, 7) is 3.89. The van der Waals surface area contributed by atoms with Crippen LogP contribution in [0.1, 0.15) is 54.5 Å². The molecule has 1 fully saturated rings. The number of benzene rings is 1. The van der Waals surface area contributed by atoms with Crippen LogP contribution in [0.3, 0.4) is 0 Å². The molecule has 1 atom stereocenters. The standard InChI is InChI=1S/C20H24N4OS/c1-12-18(15-9-5-6-10-16(15)21-12)19(25)13(2)26-20-22-17(23-24-20)11-14-7-3-4-8-14/h5-6,9-10,13-14,21H,3-4,7-8,11H2,1-2H3,(H,22,23,24). The average molecular weight is 369 g/mol. The summed E-state index contributed by atoms with van der Waals surface area (Å²) in [6.07, 6.45) is 6.21. The smallest absolute Gasteiger partial charge is 0.209 e. The van der Waals surface area contributed by atoms with E-state index in [1.165, 1.54) is 37.4 Å². The summed E-state index contributed by atoms with van der Waals surface area (Å²) in [5.41, 5.74) is 2.70. The number of carbonyl (C=O) groups excluding carboxylic acids is 1. The van der Waals surface area contributed by atoms with Gasteiger partial charge in [0.1, 0.15) is 5.82 Å². The molecule has 0 spiro atoms. The van der Waals surface area contributed by atoms with E-state index in [2.05, 4.69) is 20.2 Å². The van der Waals surface area contributed by atoms with Gasteiger partial charge < -0.3 is 4.98 Å². The first-order chi connectivity index (χ1) is 12.6. The molecule has 5 nitrogen and oxygen atoms in total. The molecule has 1 saturated carbocycles. The minimum absolute atomic E-state index is 0.118. The van der Waals surface area contributed by atoms with Crippen molar-refractivity contribution in [2.75, 3.05) is 0 Å². The van der Waals surface area contributed by atoms with E-state index in [0.717, 1.165) is 40.3 Å². The van der Waals surface area contributed by atoms with Gasteiger partial charge in [0.05, 0.1) is 5.25 Å². The predicted octanol–water partition coefficient (Wildman–Crippen LogP) is 4.69. The van der Waals surface area contributed by atoms with Crippen molar-refractivity contribution in [3.05, 3.63) is 41.3 Å². The molecule has 3 aromatic rings. The van der Waals surface area contributed by atoms with E-state index in [9.17, 15) is 4.79 Å². The molecular weight excluding hydrogens is 344 g/mol. The third-order valence-electron chi connectivity index (χ3n) is 5.26. The van der Waals surface area contributed by atoms with Gasteiger partial charge in [-0.3, -0.25) is 9.89 Å². The van der Waals surface area contributed by atoms with Crippen molar-refractivity contribution < 1.29 is 4.79 Å². The summed E-state index contributed by atoms with van der Waals surface area (Å²) in [4.78, 5) is 20.9. The second-order valence-electron chi connectivity index (χ2n) is 7.21. The molecule has 0 radical (unpaired) electrons. The van der Waals surface area contributed by atoms with E-state index in [1.807, 2.05) is 38.1 Å². The number of nitrogens with zero attached hydrogens (tertiary/aromatic N) is 2. The van der Waals surface area contributed by atoms with Gasteiger partial charge in [0.15, 0.2) is 5.78 Å². The van der Waals surface area contributed by atoms with Gasteiger partial charge in [-0.15, -0.1) is 5.10 Å². The van der Waals surface area contributed by atoms with E-state index in [4.69, 9.17) is 0 Å². The van der Waals surface area contributed by atoms with Crippen LogP contribution in [0.2, 0.25) is 0 Å². The monoisotopic (exact) mass is 368 g/mol. The van der Waals surface area contributed by atoms with E-state index in [-0.39, 0.29) is 11.0 Å². The highest BCUT2D eigenvalue weighted by molar-refractivity contribution is 8.00. The number of hydrogen-bond acceptors (Lipinski definition) is 4. The first-order valence-corrected chi connectivity index (χ1v) is 10.2. The molecule has 2 heterocycles. The van der Waals surface area contributed by atoms with Gasteiger partial charge in [0, 0.05) is 28.6 Å². The Labute approximate surface area is 157 Å². The molecule has 2 aromatic heterocycles. The zero-order valence-corrected chi connectivity index (χ0v) is 16.0. The number of fused-ring (bicyclic) bond motifs is 1. The van der Waals surface area contributed by atoms with Gasteiger partial charge in [0.2, 0.25) is 5.16 Å². The van der Waals surface area contributed by atoms with Crippen LogP contribution >= 0.6 is 11.8 Å². The van der Waals surface area contributed by atoms with Gasteiger partial charge in [-0.05, 0) is 25.8 Å². The average Bonchev–Trinajstić information content (AvgIpc) is 3.35. The first-order valence-electron chi connectivity index (χ1n) is 9.31. The molecule has 2 N–H and O–H groups in total. The second kappa shape index (κ2) is 7.27. The van der Waals surface area contributed by atoms with Crippen LogP contribution in [0.15, 0.2) is 29.4 Å². The van der Waals surface area contributed by atoms with E-state index in [1.54, 1.807) is 0 Å². The van der Waals surface area contributed by atoms with Crippen molar-refractivity contribution in [1.29, 1.82) is 0 Å². The van der Waals surface area contributed by atoms with Crippen molar-refractivity contribution in [1.82, 2.24) is 20.2 Å². The Morgan fingerprint density at radius 1 is 1.31 bits per heavy atom. The fourth-order valence-electron chi connectivity index (χ4n) is 3.92. The zero-order chi connectivity index (χ0) is 18.1. The molecule has 1 aliphatic carbocycles. The molecule has 1 unspecified atom stereocenters. The summed E-state index contributed by atoms with van der Waals surface area (Å²) >= 11 is 1.43. The third-order valence-corrected chi connectivity index (χ3v) is 6.22. The van der Waals surface area contributed by atoms with Crippen LogP contribution in [-0.4, -0.2) is 31.2 Å². The maximum absolute atomic E-state index is 13.0. The van der Waals surface area contributed by atoms with Crippen molar-refractivity contribution in [2.45, 2.75) is 56.4 Å². The van der Waals surface area contributed by atoms with Gasteiger partial charge in [-0.2, -0.15) is 0 Å². The summed E-state index contributed by atoms with van der Waals surface area (Å²) in [5.74, 6) is 1.79. The molecule has 0 aliphatic heterocycles. The minimum Gasteiger partial charge on any atom is -0.358 e. The van der Waals surface area contributed by atoms with Gasteiger partial charge >= 0.3 is 0 Å². The highest BCUT2D eigenvalue weighted by Gasteiger charge is 2.24. The van der Waals surface area contributed by atoms with Crippen molar-refractivity contribution >= 4 is 28.4 Å². The quantitative estimate of drug-likeness (QED) is 0.489. The van der Waals surface area contributed by atoms with Crippen LogP contribution in [0, 0.1) is 12.8 Å². The number of thioether (sulfide) groups is 1. The minimum atomic E-state index is -0.233. The van der Waals surface area contributed by atoms with Crippen LogP contribution in [-0.2, 0) is 6.42 Å². The fourth-order valence-corrected chi connectivity index (χ4v) is 4.72. The Hall–Kier alpha value is -2.08. The number of carbonyl (C=O) groups is 1. The SMILES string of the molecule is Cc1[nH]c2ccccc2c1C(=O)C(C)Sc1n[nH]c(CC2CCCC2)n1. The number of aryl methyl sites for hydroxylation is 1. The lowest BCUT2D eigenvalue weighted by Gasteiger charge is -2.08. The van der Waals surface area contributed by atoms with E-state index < -0.39 is 0 Å². The van der Waals surface area contributed by atoms with E-state index >= 15 is 0 Å². The van der Waals surface area contributed by atoms with Gasteiger partial charge in [0.25, 0.3) is 0 Å². The number of H-pyrrole nitrogens is 2. The zero-order valence-electron chi connectivity index (χ0n) is 15.2. The van der Waals surface area contributed by atoms with Crippen LogP contribution in [0.4, 0.5) is 0 Å². The van der Waals surface area contributed by atoms with E-state index in [0.29, 0.717) is 5.16 Å². The summed E-state index contributed by atoms with van der Waals surface area (Å²) in [5, 5.41) is 8.78. The van der Waals surface area contributed by atoms with Crippen LogP contribution in [0.25, 0.3) is 10.9 Å². The lowest BCUT2D eigenvalue weighted by molar-refractivity contribution is 0.0995. The number of aromatic nitrogens is 4. The molecule has 136 valence electrons. The van der Waals surface area contributed by atoms with Crippen molar-refractivity contribution in [3.63, 3.8) is 0 Å². The van der Waals surface area contributed by atoms with Crippen LogP contribution < -0.4 is 0 Å². The Kier molecular flexibility index (Phi) is 4.85. The normalized spacial score (nSPS) is 16.4. The number of aromatic amines is 2. The van der Waals surface area contributed by atoms with Crippen molar-refractivity contribution in [3.8, 4) is 0 Å². The third kappa shape index (κ3) is 3.43. The molecule has 0 amide bonds. The largest absolute Gasteiger partial charge is 0.358 e. The number of hydrogen-bond donors (Lipinski definition) is 2. The molecule has 6 heteroatoms. The summed E-state index contributed by atoms with van der Waals surface area (Å²) in [6, 6.07) is 7.94. The molecule has 0 bridgehead atoms. The lowest BCUT2D eigenvalue weighted by Crippen LogP contribution is -2.14. The summed E-state index contributed by atoms with van der Waals surface area (Å²) < 4.78 is 0. The maximum Gasteiger partial charge on any atom is 0.209 e. The number of para-hydroxylation sites is 1. The number of nitrogens with one attached hydrogen (secondary N) is 2. The molecular formula is C20H24N4OS. The Bertz CT molecular complexity index is 923. The predicted molar refractivity (Wildman–Crippen MR) is 105 cm³/mol. The Balaban J connectivity index is 1.47. The molecule has 1 aliphatic rings. The Morgan fingerprint density at radius 3 is 2.88 bits per heavy atom. The lowest BCUT2D eigenvalue weighted by atomic mass is 10.0. The van der Waals surface area contributed by atoms with Gasteiger partial charge in [-0.25, -0.2) is 4.98 Å². The van der Waals surface area contributed by atoms with Crippen LogP contribution in [0.5, 0.6) is 0 Å². The number of rotatable bonds is 6. The molecule has 0 saturated heterocycles. The molecule has 4 rings (SSSR count). The summed E-state index contributed by atoms with van der Waals surface area (Å²) in [7, 11) is 0. The van der Waals surface area contributed by atoms with Crippen molar-refractivity contribution in [2.24, 2.45) is 5.92 Å². The Morgan fingerprint density at radius 2 is 2.08 bits per heavy atom. The molecule has 1 aromatic carbocycles. The highest BCUT2D eigenvalue weighted by Crippen LogP contribution is 2.30. The first kappa shape index (κ1) is 17.3.